The van der Waals surface area contributed by atoms with Crippen LogP contribution in [0.4, 0.5) is 10.5 Å². The molecule has 0 aromatic heterocycles. The van der Waals surface area contributed by atoms with Crippen LogP contribution in [0, 0.1) is 3.57 Å². The van der Waals surface area contributed by atoms with E-state index in [1.54, 1.807) is 18.2 Å². The van der Waals surface area contributed by atoms with Crippen molar-refractivity contribution in [2.75, 3.05) is 4.90 Å². The molecule has 1 heterocycles. The average Bonchev–Trinajstić information content (AvgIpc) is 2.91. The van der Waals surface area contributed by atoms with Crippen LogP contribution in [0.1, 0.15) is 23.6 Å². The maximum Gasteiger partial charge on any atom is 0.335 e. The Morgan fingerprint density at radius 1 is 0.921 bits per heavy atom. The Hall–Kier alpha value is -3.50. The second-order valence-corrected chi connectivity index (χ2v) is 10.8. The first-order valence-corrected chi connectivity index (χ1v) is 13.8. The third kappa shape index (κ3) is 5.37. The zero-order valence-corrected chi connectivity index (χ0v) is 24.1. The predicted molar refractivity (Wildman–Crippen MR) is 160 cm³/mol. The van der Waals surface area contributed by atoms with E-state index in [1.165, 1.54) is 11.5 Å². The molecule has 1 N–H and O–H groups in total. The number of anilines is 1. The van der Waals surface area contributed by atoms with Crippen LogP contribution in [-0.4, -0.2) is 17.8 Å². The Balaban J connectivity index is 1.38. The molecule has 0 radical (unpaired) electrons. The van der Waals surface area contributed by atoms with Crippen molar-refractivity contribution in [3.63, 3.8) is 0 Å². The fourth-order valence-electron chi connectivity index (χ4n) is 4.22. The van der Waals surface area contributed by atoms with Crippen molar-refractivity contribution in [1.82, 2.24) is 5.32 Å². The summed E-state index contributed by atoms with van der Waals surface area (Å²) in [4.78, 5) is 39.3. The van der Waals surface area contributed by atoms with E-state index in [-0.39, 0.29) is 5.57 Å². The minimum atomic E-state index is -0.769. The van der Waals surface area contributed by atoms with Crippen molar-refractivity contribution in [3.05, 3.63) is 109 Å². The molecule has 4 aromatic rings. The van der Waals surface area contributed by atoms with Gasteiger partial charge in [0.25, 0.3) is 11.8 Å². The minimum absolute atomic E-state index is 0.128. The van der Waals surface area contributed by atoms with Crippen LogP contribution < -0.4 is 15.0 Å². The highest BCUT2D eigenvalue weighted by molar-refractivity contribution is 14.1. The first kappa shape index (κ1) is 26.1. The van der Waals surface area contributed by atoms with Crippen LogP contribution in [0.5, 0.6) is 5.75 Å². The van der Waals surface area contributed by atoms with Gasteiger partial charge in [-0.15, -0.1) is 0 Å². The molecule has 1 fully saturated rings. The van der Waals surface area contributed by atoms with Gasteiger partial charge in [0.1, 0.15) is 17.9 Å². The number of carbonyl (C=O) groups is 3. The van der Waals surface area contributed by atoms with Crippen molar-refractivity contribution in [3.8, 4) is 5.75 Å². The van der Waals surface area contributed by atoms with Gasteiger partial charge in [-0.2, -0.15) is 0 Å². The van der Waals surface area contributed by atoms with E-state index in [0.29, 0.717) is 28.1 Å². The Bertz CT molecular complexity index is 1590. The van der Waals surface area contributed by atoms with Crippen molar-refractivity contribution in [2.24, 2.45) is 0 Å². The summed E-state index contributed by atoms with van der Waals surface area (Å²) in [5, 5.41) is 4.59. The summed E-state index contributed by atoms with van der Waals surface area (Å²) in [5.74, 6) is -0.747. The van der Waals surface area contributed by atoms with E-state index in [1.807, 2.05) is 43.3 Å². The van der Waals surface area contributed by atoms with E-state index in [0.717, 1.165) is 31.4 Å². The molecule has 0 bridgehead atoms. The highest BCUT2D eigenvalue weighted by Crippen LogP contribution is 2.34. The number of halogens is 2. The normalized spacial score (nSPS) is 14.8. The third-order valence-corrected chi connectivity index (χ3v) is 7.62. The first-order valence-electron chi connectivity index (χ1n) is 11.9. The van der Waals surface area contributed by atoms with E-state index in [4.69, 9.17) is 4.74 Å². The van der Waals surface area contributed by atoms with Crippen molar-refractivity contribution in [2.45, 2.75) is 20.0 Å². The van der Waals surface area contributed by atoms with E-state index < -0.39 is 17.8 Å². The fraction of sp³-hybridized carbons (Fsp3) is 0.100. The summed E-state index contributed by atoms with van der Waals surface area (Å²) in [5.41, 5.74) is 3.01. The molecule has 0 atom stereocenters. The van der Waals surface area contributed by atoms with Crippen molar-refractivity contribution < 1.29 is 19.1 Å². The van der Waals surface area contributed by atoms with Gasteiger partial charge in [-0.05, 0) is 109 Å². The molecule has 1 aliphatic heterocycles. The number of imide groups is 2. The molecule has 1 saturated heterocycles. The lowest BCUT2D eigenvalue weighted by molar-refractivity contribution is -0.122. The molecule has 190 valence electrons. The van der Waals surface area contributed by atoms with Gasteiger partial charge in [-0.3, -0.25) is 14.9 Å². The van der Waals surface area contributed by atoms with Gasteiger partial charge in [0, 0.05) is 0 Å². The average molecular weight is 681 g/mol. The van der Waals surface area contributed by atoms with Gasteiger partial charge in [0.05, 0.1) is 13.7 Å². The van der Waals surface area contributed by atoms with Gasteiger partial charge in [0.2, 0.25) is 0 Å². The number of fused-ring (bicyclic) bond motifs is 1. The highest BCUT2D eigenvalue weighted by Gasteiger charge is 2.36. The van der Waals surface area contributed by atoms with E-state index >= 15 is 0 Å². The fourth-order valence-corrected chi connectivity index (χ4v) is 5.99. The van der Waals surface area contributed by atoms with Gasteiger partial charge in [0.15, 0.2) is 0 Å². The Morgan fingerprint density at radius 2 is 1.63 bits per heavy atom. The Morgan fingerprint density at radius 3 is 2.34 bits per heavy atom. The topological polar surface area (TPSA) is 75.7 Å². The SMILES string of the molecule is CCc1ccc(N2C(=O)NC(=O)/C(=C/c3cc(Br)c(OCc4ccc5ccccc5c4)c(I)c3)C2=O)cc1. The number of urea groups is 1. The molecule has 4 amide bonds. The van der Waals surface area contributed by atoms with Crippen LogP contribution >= 0.6 is 38.5 Å². The molecular weight excluding hydrogens is 659 g/mol. The highest BCUT2D eigenvalue weighted by atomic mass is 127. The lowest BCUT2D eigenvalue weighted by atomic mass is 10.1. The van der Waals surface area contributed by atoms with Crippen LogP contribution in [0.2, 0.25) is 0 Å². The first-order chi connectivity index (χ1) is 18.3. The maximum atomic E-state index is 13.2. The Kier molecular flexibility index (Phi) is 7.62. The number of carbonyl (C=O) groups excluding carboxylic acids is 3. The number of hydrogen-bond donors (Lipinski definition) is 1. The molecule has 5 rings (SSSR count). The summed E-state index contributed by atoms with van der Waals surface area (Å²) in [6, 6.07) is 24.3. The largest absolute Gasteiger partial charge is 0.487 e. The number of amides is 4. The molecule has 4 aromatic carbocycles. The van der Waals surface area contributed by atoms with Crippen LogP contribution in [0.3, 0.4) is 0 Å². The zero-order valence-electron chi connectivity index (χ0n) is 20.3. The summed E-state index contributed by atoms with van der Waals surface area (Å²) in [6.45, 7) is 2.40. The minimum Gasteiger partial charge on any atom is -0.487 e. The van der Waals surface area contributed by atoms with Gasteiger partial charge >= 0.3 is 6.03 Å². The van der Waals surface area contributed by atoms with E-state index in [9.17, 15) is 14.4 Å². The molecule has 8 heteroatoms. The molecule has 0 spiro atoms. The standard InChI is InChI=1S/C30H22BrIN2O4/c1-2-18-8-11-23(12-9-18)34-29(36)24(28(35)33-30(34)37)14-20-15-25(31)27(26(32)16-20)38-17-19-7-10-21-5-3-4-6-22(21)13-19/h3-16H,2,17H2,1H3,(H,33,35,37)/b24-14-. The number of aryl methyl sites for hydroxylation is 1. The van der Waals surface area contributed by atoms with Crippen LogP contribution in [0.15, 0.2) is 88.9 Å². The predicted octanol–water partition coefficient (Wildman–Crippen LogP) is 7.01. The smallest absolute Gasteiger partial charge is 0.335 e. The number of barbiturate groups is 1. The molecule has 1 aliphatic rings. The second-order valence-electron chi connectivity index (χ2n) is 8.76. The van der Waals surface area contributed by atoms with Crippen molar-refractivity contribution in [1.29, 1.82) is 0 Å². The lowest BCUT2D eigenvalue weighted by Crippen LogP contribution is -2.54. The molecule has 38 heavy (non-hydrogen) atoms. The summed E-state index contributed by atoms with van der Waals surface area (Å²) in [7, 11) is 0. The molecule has 0 aliphatic carbocycles. The number of nitrogens with one attached hydrogen (secondary N) is 1. The third-order valence-electron chi connectivity index (χ3n) is 6.23. The summed E-state index contributed by atoms with van der Waals surface area (Å²) in [6.07, 6.45) is 2.32. The van der Waals surface area contributed by atoms with Gasteiger partial charge < -0.3 is 4.74 Å². The van der Waals surface area contributed by atoms with E-state index in [2.05, 4.69) is 68.1 Å². The molecule has 6 nitrogen and oxygen atoms in total. The quantitative estimate of drug-likeness (QED) is 0.135. The molecular formula is C30H22BrIN2O4. The summed E-state index contributed by atoms with van der Waals surface area (Å²) >= 11 is 5.73. The van der Waals surface area contributed by atoms with Crippen LogP contribution in [-0.2, 0) is 22.6 Å². The monoisotopic (exact) mass is 680 g/mol. The van der Waals surface area contributed by atoms with Crippen molar-refractivity contribution >= 4 is 78.9 Å². The Labute approximate surface area is 241 Å². The van der Waals surface area contributed by atoms with Gasteiger partial charge in [-0.1, -0.05) is 55.5 Å². The summed E-state index contributed by atoms with van der Waals surface area (Å²) < 4.78 is 7.61. The number of rotatable bonds is 6. The zero-order chi connectivity index (χ0) is 26.8. The lowest BCUT2D eigenvalue weighted by Gasteiger charge is -2.26. The van der Waals surface area contributed by atoms with Crippen LogP contribution in [0.25, 0.3) is 16.8 Å². The number of ether oxygens (including phenoxy) is 1. The molecule has 0 unspecified atom stereocenters. The number of hydrogen-bond acceptors (Lipinski definition) is 4. The molecule has 0 saturated carbocycles. The number of benzene rings is 4. The second kappa shape index (κ2) is 11.1. The number of nitrogens with zero attached hydrogens (tertiary/aromatic N) is 1. The maximum absolute atomic E-state index is 13.2. The van der Waals surface area contributed by atoms with Gasteiger partial charge in [-0.25, -0.2) is 9.69 Å².